The minimum atomic E-state index is 0.679. The Kier molecular flexibility index (Phi) is 5.31. The van der Waals surface area contributed by atoms with E-state index in [1.54, 1.807) is 0 Å². The Bertz CT molecular complexity index is 426. The predicted molar refractivity (Wildman–Crippen MR) is 83.1 cm³/mol. The standard InChI is InChI=1S/C15H27N5/c1-5-12(2)19-6-8-20(9-7-19)15-17-11-14(10-16-4)13(3)18-15/h11-12,16H,5-10H2,1-4H3. The average Bonchev–Trinajstić information content (AvgIpc) is 2.49. The van der Waals surface area contributed by atoms with E-state index in [1.165, 1.54) is 12.0 Å². The van der Waals surface area contributed by atoms with Crippen LogP contribution in [0.2, 0.25) is 0 Å². The number of nitrogens with zero attached hydrogens (tertiary/aromatic N) is 4. The Morgan fingerprint density at radius 2 is 2.00 bits per heavy atom. The molecule has 1 N–H and O–H groups in total. The first-order chi connectivity index (χ1) is 9.65. The van der Waals surface area contributed by atoms with Crippen molar-refractivity contribution in [3.8, 4) is 0 Å². The Labute approximate surface area is 122 Å². The van der Waals surface area contributed by atoms with Crippen molar-refractivity contribution in [2.75, 3.05) is 38.1 Å². The number of hydrogen-bond donors (Lipinski definition) is 1. The smallest absolute Gasteiger partial charge is 0.225 e. The lowest BCUT2D eigenvalue weighted by molar-refractivity contribution is 0.192. The summed E-state index contributed by atoms with van der Waals surface area (Å²) in [6, 6.07) is 0.679. The number of hydrogen-bond acceptors (Lipinski definition) is 5. The molecule has 5 nitrogen and oxygen atoms in total. The molecule has 1 saturated heterocycles. The van der Waals surface area contributed by atoms with Gasteiger partial charge in [-0.3, -0.25) is 4.90 Å². The second-order valence-corrected chi connectivity index (χ2v) is 5.59. The van der Waals surface area contributed by atoms with Crippen LogP contribution in [-0.2, 0) is 6.54 Å². The summed E-state index contributed by atoms with van der Waals surface area (Å²) < 4.78 is 0. The van der Waals surface area contributed by atoms with E-state index in [4.69, 9.17) is 0 Å². The fourth-order valence-corrected chi connectivity index (χ4v) is 2.62. The van der Waals surface area contributed by atoms with E-state index in [1.807, 2.05) is 13.2 Å². The van der Waals surface area contributed by atoms with Gasteiger partial charge in [0.2, 0.25) is 5.95 Å². The van der Waals surface area contributed by atoms with Crippen molar-refractivity contribution in [3.63, 3.8) is 0 Å². The Morgan fingerprint density at radius 3 is 2.55 bits per heavy atom. The van der Waals surface area contributed by atoms with Crippen LogP contribution < -0.4 is 10.2 Å². The molecule has 1 unspecified atom stereocenters. The zero-order chi connectivity index (χ0) is 14.5. The van der Waals surface area contributed by atoms with Gasteiger partial charge in [-0.05, 0) is 27.3 Å². The normalized spacial score (nSPS) is 18.3. The highest BCUT2D eigenvalue weighted by Gasteiger charge is 2.21. The molecule has 0 amide bonds. The van der Waals surface area contributed by atoms with Gasteiger partial charge < -0.3 is 10.2 Å². The number of rotatable bonds is 5. The van der Waals surface area contributed by atoms with Gasteiger partial charge in [-0.2, -0.15) is 0 Å². The first-order valence-electron chi connectivity index (χ1n) is 7.61. The molecule has 0 aromatic carbocycles. The van der Waals surface area contributed by atoms with Crippen molar-refractivity contribution in [1.82, 2.24) is 20.2 Å². The molecule has 0 bridgehead atoms. The average molecular weight is 277 g/mol. The quantitative estimate of drug-likeness (QED) is 0.882. The van der Waals surface area contributed by atoms with Crippen LogP contribution in [0.3, 0.4) is 0 Å². The van der Waals surface area contributed by atoms with Gasteiger partial charge in [-0.1, -0.05) is 6.92 Å². The third-order valence-corrected chi connectivity index (χ3v) is 4.25. The summed E-state index contributed by atoms with van der Waals surface area (Å²) in [5, 5.41) is 3.15. The van der Waals surface area contributed by atoms with Gasteiger partial charge in [0.25, 0.3) is 0 Å². The molecule has 2 heterocycles. The van der Waals surface area contributed by atoms with Gasteiger partial charge in [0.15, 0.2) is 0 Å². The number of anilines is 1. The fraction of sp³-hybridized carbons (Fsp3) is 0.733. The van der Waals surface area contributed by atoms with Crippen LogP contribution in [0, 0.1) is 6.92 Å². The third-order valence-electron chi connectivity index (χ3n) is 4.25. The maximum Gasteiger partial charge on any atom is 0.225 e. The van der Waals surface area contributed by atoms with Crippen LogP contribution in [0.4, 0.5) is 5.95 Å². The molecular weight excluding hydrogens is 250 g/mol. The maximum atomic E-state index is 4.66. The molecule has 2 rings (SSSR count). The molecule has 1 aromatic heterocycles. The molecule has 1 aliphatic heterocycles. The molecule has 0 saturated carbocycles. The van der Waals surface area contributed by atoms with Gasteiger partial charge in [0.05, 0.1) is 0 Å². The van der Waals surface area contributed by atoms with Crippen molar-refractivity contribution >= 4 is 5.95 Å². The van der Waals surface area contributed by atoms with Crippen LogP contribution in [0.25, 0.3) is 0 Å². The molecule has 112 valence electrons. The van der Waals surface area contributed by atoms with Crippen LogP contribution in [0.15, 0.2) is 6.20 Å². The fourth-order valence-electron chi connectivity index (χ4n) is 2.62. The molecule has 0 aliphatic carbocycles. The number of nitrogens with one attached hydrogen (secondary N) is 1. The lowest BCUT2D eigenvalue weighted by atomic mass is 10.2. The molecule has 0 spiro atoms. The lowest BCUT2D eigenvalue weighted by Gasteiger charge is -2.37. The van der Waals surface area contributed by atoms with E-state index in [9.17, 15) is 0 Å². The predicted octanol–water partition coefficient (Wildman–Crippen LogP) is 1.42. The Hall–Kier alpha value is -1.20. The van der Waals surface area contributed by atoms with Crippen molar-refractivity contribution in [1.29, 1.82) is 0 Å². The van der Waals surface area contributed by atoms with E-state index >= 15 is 0 Å². The summed E-state index contributed by atoms with van der Waals surface area (Å²) >= 11 is 0. The zero-order valence-corrected chi connectivity index (χ0v) is 13.2. The van der Waals surface area contributed by atoms with E-state index in [0.29, 0.717) is 6.04 Å². The first-order valence-corrected chi connectivity index (χ1v) is 7.61. The van der Waals surface area contributed by atoms with Crippen molar-refractivity contribution in [2.24, 2.45) is 0 Å². The van der Waals surface area contributed by atoms with Gasteiger partial charge in [0.1, 0.15) is 0 Å². The van der Waals surface area contributed by atoms with Crippen LogP contribution in [0.5, 0.6) is 0 Å². The van der Waals surface area contributed by atoms with Crippen molar-refractivity contribution in [2.45, 2.75) is 39.8 Å². The molecule has 1 fully saturated rings. The van der Waals surface area contributed by atoms with Crippen molar-refractivity contribution in [3.05, 3.63) is 17.5 Å². The van der Waals surface area contributed by atoms with Crippen LogP contribution in [-0.4, -0.2) is 54.1 Å². The molecule has 20 heavy (non-hydrogen) atoms. The van der Waals surface area contributed by atoms with Gasteiger partial charge in [-0.25, -0.2) is 9.97 Å². The van der Waals surface area contributed by atoms with Crippen LogP contribution >= 0.6 is 0 Å². The Balaban J connectivity index is 1.98. The highest BCUT2D eigenvalue weighted by molar-refractivity contribution is 5.33. The minimum absolute atomic E-state index is 0.679. The SMILES string of the molecule is CCC(C)N1CCN(c2ncc(CNC)c(C)n2)CC1. The van der Waals surface area contributed by atoms with Gasteiger partial charge in [-0.15, -0.1) is 0 Å². The molecule has 1 atom stereocenters. The summed E-state index contributed by atoms with van der Waals surface area (Å²) in [6.45, 7) is 11.7. The number of aromatic nitrogens is 2. The highest BCUT2D eigenvalue weighted by Crippen LogP contribution is 2.15. The lowest BCUT2D eigenvalue weighted by Crippen LogP contribution is -2.50. The molecule has 1 aliphatic rings. The van der Waals surface area contributed by atoms with Crippen molar-refractivity contribution < 1.29 is 0 Å². The summed E-state index contributed by atoms with van der Waals surface area (Å²) in [4.78, 5) is 14.0. The second-order valence-electron chi connectivity index (χ2n) is 5.59. The molecule has 5 heteroatoms. The van der Waals surface area contributed by atoms with E-state index in [0.717, 1.165) is 44.4 Å². The summed E-state index contributed by atoms with van der Waals surface area (Å²) in [5.74, 6) is 0.881. The number of aryl methyl sites for hydroxylation is 1. The largest absolute Gasteiger partial charge is 0.338 e. The Morgan fingerprint density at radius 1 is 1.30 bits per heavy atom. The summed E-state index contributed by atoms with van der Waals surface area (Å²) in [7, 11) is 1.95. The van der Waals surface area contributed by atoms with E-state index in [2.05, 4.69) is 45.9 Å². The van der Waals surface area contributed by atoms with E-state index < -0.39 is 0 Å². The second kappa shape index (κ2) is 6.99. The summed E-state index contributed by atoms with van der Waals surface area (Å²) in [5.41, 5.74) is 2.25. The maximum absolute atomic E-state index is 4.66. The minimum Gasteiger partial charge on any atom is -0.338 e. The van der Waals surface area contributed by atoms with Gasteiger partial charge >= 0.3 is 0 Å². The molecule has 0 radical (unpaired) electrons. The third kappa shape index (κ3) is 3.46. The zero-order valence-electron chi connectivity index (χ0n) is 13.2. The topological polar surface area (TPSA) is 44.3 Å². The molecule has 1 aromatic rings. The highest BCUT2D eigenvalue weighted by atomic mass is 15.3. The monoisotopic (exact) mass is 277 g/mol. The first kappa shape index (κ1) is 15.2. The van der Waals surface area contributed by atoms with E-state index in [-0.39, 0.29) is 0 Å². The summed E-state index contributed by atoms with van der Waals surface area (Å²) in [6.07, 6.45) is 3.17. The van der Waals surface area contributed by atoms with Gasteiger partial charge in [0, 0.05) is 56.2 Å². The molecular formula is C15H27N5. The number of piperazine rings is 1. The van der Waals surface area contributed by atoms with Crippen LogP contribution in [0.1, 0.15) is 31.5 Å².